The number of benzene rings is 2. The van der Waals surface area contributed by atoms with E-state index in [-0.39, 0.29) is 5.75 Å². The predicted octanol–water partition coefficient (Wildman–Crippen LogP) is 2.77. The summed E-state index contributed by atoms with van der Waals surface area (Å²) in [6.45, 7) is 0. The van der Waals surface area contributed by atoms with Gasteiger partial charge in [0.2, 0.25) is 0 Å². The number of anilines is 1. The second-order valence-corrected chi connectivity index (χ2v) is 3.14. The van der Waals surface area contributed by atoms with Crippen molar-refractivity contribution in [3.63, 3.8) is 0 Å². The maximum Gasteiger partial charge on any atom is 0.171 e. The first kappa shape index (κ1) is 9.40. The van der Waals surface area contributed by atoms with Crippen LogP contribution in [0.3, 0.4) is 0 Å². The molecule has 2 rings (SSSR count). The largest absolute Gasteiger partial charge is 0.504 e. The number of ether oxygens (including phenoxy) is 1. The molecule has 0 fully saturated rings. The van der Waals surface area contributed by atoms with E-state index < -0.39 is 0 Å². The maximum atomic E-state index is 9.52. The van der Waals surface area contributed by atoms with E-state index in [4.69, 9.17) is 10.5 Å². The molecular weight excluding hydrogens is 190 g/mol. The summed E-state index contributed by atoms with van der Waals surface area (Å²) < 4.78 is 5.46. The Hall–Kier alpha value is -2.16. The Kier molecular flexibility index (Phi) is 2.46. The first-order chi connectivity index (χ1) is 7.25. The lowest BCUT2D eigenvalue weighted by molar-refractivity contribution is 0.411. The summed E-state index contributed by atoms with van der Waals surface area (Å²) in [5.41, 5.74) is 6.14. The first-order valence-electron chi connectivity index (χ1n) is 4.57. The van der Waals surface area contributed by atoms with Gasteiger partial charge in [-0.2, -0.15) is 0 Å². The van der Waals surface area contributed by atoms with Crippen molar-refractivity contribution in [2.24, 2.45) is 0 Å². The van der Waals surface area contributed by atoms with Gasteiger partial charge in [-0.25, -0.2) is 0 Å². The fourth-order valence-electron chi connectivity index (χ4n) is 1.23. The Morgan fingerprint density at radius 2 is 1.73 bits per heavy atom. The molecular formula is C12H11NO2. The van der Waals surface area contributed by atoms with Crippen LogP contribution in [0.5, 0.6) is 17.2 Å². The van der Waals surface area contributed by atoms with Gasteiger partial charge >= 0.3 is 0 Å². The minimum atomic E-state index is 0.0769. The number of para-hydroxylation sites is 1. The second kappa shape index (κ2) is 3.92. The Morgan fingerprint density at radius 3 is 2.47 bits per heavy atom. The number of hydrogen-bond donors (Lipinski definition) is 2. The molecule has 0 aromatic heterocycles. The fraction of sp³-hybridized carbons (Fsp3) is 0. The summed E-state index contributed by atoms with van der Waals surface area (Å²) in [6.07, 6.45) is 0. The molecule has 0 heterocycles. The second-order valence-electron chi connectivity index (χ2n) is 3.14. The number of phenolic OH excluding ortho intramolecular Hbond substituents is 1. The van der Waals surface area contributed by atoms with Crippen molar-refractivity contribution in [1.82, 2.24) is 0 Å². The monoisotopic (exact) mass is 201 g/mol. The van der Waals surface area contributed by atoms with E-state index in [1.807, 2.05) is 30.3 Å². The highest BCUT2D eigenvalue weighted by Gasteiger charge is 2.03. The van der Waals surface area contributed by atoms with Gasteiger partial charge in [-0.05, 0) is 24.3 Å². The third-order valence-corrected chi connectivity index (χ3v) is 1.95. The van der Waals surface area contributed by atoms with Crippen LogP contribution in [0.25, 0.3) is 0 Å². The molecule has 0 atom stereocenters. The molecule has 0 unspecified atom stereocenters. The summed E-state index contributed by atoms with van der Waals surface area (Å²) in [5.74, 6) is 1.10. The molecule has 0 aliphatic heterocycles. The minimum Gasteiger partial charge on any atom is -0.504 e. The van der Waals surface area contributed by atoms with Crippen LogP contribution >= 0.6 is 0 Å². The molecule has 2 aromatic rings. The molecule has 3 heteroatoms. The zero-order chi connectivity index (χ0) is 10.7. The van der Waals surface area contributed by atoms with Crippen molar-refractivity contribution in [2.45, 2.75) is 0 Å². The van der Waals surface area contributed by atoms with Gasteiger partial charge in [-0.3, -0.25) is 0 Å². The maximum absolute atomic E-state index is 9.52. The molecule has 0 bridgehead atoms. The zero-order valence-corrected chi connectivity index (χ0v) is 8.05. The van der Waals surface area contributed by atoms with Gasteiger partial charge in [0.25, 0.3) is 0 Å². The van der Waals surface area contributed by atoms with Crippen LogP contribution in [-0.4, -0.2) is 5.11 Å². The van der Waals surface area contributed by atoms with E-state index >= 15 is 0 Å². The lowest BCUT2D eigenvalue weighted by Crippen LogP contribution is -1.88. The average molecular weight is 201 g/mol. The van der Waals surface area contributed by atoms with E-state index in [2.05, 4.69) is 0 Å². The van der Waals surface area contributed by atoms with Gasteiger partial charge in [-0.15, -0.1) is 0 Å². The first-order valence-corrected chi connectivity index (χ1v) is 4.57. The summed E-state index contributed by atoms with van der Waals surface area (Å²) in [5, 5.41) is 9.52. The Bertz CT molecular complexity index is 454. The molecule has 15 heavy (non-hydrogen) atoms. The van der Waals surface area contributed by atoms with Crippen LogP contribution < -0.4 is 10.5 Å². The fourth-order valence-corrected chi connectivity index (χ4v) is 1.23. The molecule has 76 valence electrons. The standard InChI is InChI=1S/C12H11NO2/c13-9-6-7-11(14)12(8-9)15-10-4-2-1-3-5-10/h1-8,14H,13H2. The van der Waals surface area contributed by atoms with Gasteiger partial charge in [-0.1, -0.05) is 18.2 Å². The highest BCUT2D eigenvalue weighted by Crippen LogP contribution is 2.31. The smallest absolute Gasteiger partial charge is 0.171 e. The third-order valence-electron chi connectivity index (χ3n) is 1.95. The van der Waals surface area contributed by atoms with E-state index in [1.54, 1.807) is 12.1 Å². The van der Waals surface area contributed by atoms with Gasteiger partial charge in [0.15, 0.2) is 11.5 Å². The molecule has 0 aliphatic rings. The van der Waals surface area contributed by atoms with Gasteiger partial charge in [0, 0.05) is 11.8 Å². The number of nitrogens with two attached hydrogens (primary N) is 1. The number of phenols is 1. The summed E-state index contributed by atoms with van der Waals surface area (Å²) >= 11 is 0. The number of aromatic hydroxyl groups is 1. The van der Waals surface area contributed by atoms with Crippen molar-refractivity contribution >= 4 is 5.69 Å². The van der Waals surface area contributed by atoms with Crippen LogP contribution in [0.4, 0.5) is 5.69 Å². The zero-order valence-electron chi connectivity index (χ0n) is 8.05. The lowest BCUT2D eigenvalue weighted by atomic mass is 10.3. The summed E-state index contributed by atoms with van der Waals surface area (Å²) in [4.78, 5) is 0. The van der Waals surface area contributed by atoms with E-state index in [0.29, 0.717) is 17.2 Å². The van der Waals surface area contributed by atoms with Crippen LogP contribution in [0.2, 0.25) is 0 Å². The SMILES string of the molecule is Nc1ccc(O)c(Oc2ccccc2)c1. The molecule has 0 radical (unpaired) electrons. The van der Waals surface area contributed by atoms with Crippen LogP contribution in [0.15, 0.2) is 48.5 Å². The quantitative estimate of drug-likeness (QED) is 0.580. The van der Waals surface area contributed by atoms with Crippen LogP contribution in [-0.2, 0) is 0 Å². The van der Waals surface area contributed by atoms with Crippen molar-refractivity contribution < 1.29 is 9.84 Å². The van der Waals surface area contributed by atoms with Gasteiger partial charge in [0.05, 0.1) is 0 Å². The summed E-state index contributed by atoms with van der Waals surface area (Å²) in [7, 11) is 0. The molecule has 0 amide bonds. The molecule has 0 saturated heterocycles. The van der Waals surface area contributed by atoms with Crippen molar-refractivity contribution in [3.8, 4) is 17.2 Å². The molecule has 3 nitrogen and oxygen atoms in total. The highest BCUT2D eigenvalue weighted by molar-refractivity contribution is 5.52. The van der Waals surface area contributed by atoms with E-state index in [1.165, 1.54) is 6.07 Å². The summed E-state index contributed by atoms with van der Waals surface area (Å²) in [6, 6.07) is 13.9. The third kappa shape index (κ3) is 2.20. The lowest BCUT2D eigenvalue weighted by Gasteiger charge is -2.07. The van der Waals surface area contributed by atoms with Gasteiger partial charge in [0.1, 0.15) is 5.75 Å². The van der Waals surface area contributed by atoms with Crippen LogP contribution in [0, 0.1) is 0 Å². The topological polar surface area (TPSA) is 55.5 Å². The molecule has 0 spiro atoms. The molecule has 0 saturated carbocycles. The van der Waals surface area contributed by atoms with E-state index in [9.17, 15) is 5.11 Å². The predicted molar refractivity (Wildman–Crippen MR) is 59.0 cm³/mol. The van der Waals surface area contributed by atoms with E-state index in [0.717, 1.165) is 0 Å². The van der Waals surface area contributed by atoms with Crippen molar-refractivity contribution in [1.29, 1.82) is 0 Å². The molecule has 0 aliphatic carbocycles. The van der Waals surface area contributed by atoms with Crippen molar-refractivity contribution in [2.75, 3.05) is 5.73 Å². The number of rotatable bonds is 2. The average Bonchev–Trinajstić information content (AvgIpc) is 2.25. The van der Waals surface area contributed by atoms with Gasteiger partial charge < -0.3 is 15.6 Å². The molecule has 3 N–H and O–H groups in total. The number of hydrogen-bond acceptors (Lipinski definition) is 3. The van der Waals surface area contributed by atoms with Crippen molar-refractivity contribution in [3.05, 3.63) is 48.5 Å². The Balaban J connectivity index is 2.28. The molecule has 2 aromatic carbocycles. The Labute approximate surface area is 87.7 Å². The van der Waals surface area contributed by atoms with Crippen LogP contribution in [0.1, 0.15) is 0 Å². The highest BCUT2D eigenvalue weighted by atomic mass is 16.5. The minimum absolute atomic E-state index is 0.0769. The number of nitrogen functional groups attached to an aromatic ring is 1. The normalized spacial score (nSPS) is 9.87. The Morgan fingerprint density at radius 1 is 1.00 bits per heavy atom.